The molecule has 2 nitrogen and oxygen atoms in total. The number of unbranched alkanes of at least 4 members (excludes halogenated alkanes) is 3. The van der Waals surface area contributed by atoms with Gasteiger partial charge in [-0.3, -0.25) is 0 Å². The highest BCUT2D eigenvalue weighted by atomic mass is 19.2. The zero-order chi connectivity index (χ0) is 18.4. The Hall–Kier alpha value is -1.00. The van der Waals surface area contributed by atoms with E-state index in [1.807, 2.05) is 0 Å². The van der Waals surface area contributed by atoms with Gasteiger partial charge in [0, 0.05) is 11.5 Å². The molecule has 0 radical (unpaired) electrons. The average molecular weight is 366 g/mol. The van der Waals surface area contributed by atoms with Crippen LogP contribution in [0.3, 0.4) is 0 Å². The zero-order valence-corrected chi connectivity index (χ0v) is 15.9. The van der Waals surface area contributed by atoms with E-state index in [-0.39, 0.29) is 0 Å². The van der Waals surface area contributed by atoms with E-state index < -0.39 is 17.9 Å². The molecule has 1 aromatic rings. The molecular formula is C22H32F2O2. The van der Waals surface area contributed by atoms with Gasteiger partial charge in [-0.15, -0.1) is 0 Å². The molecule has 1 aliphatic carbocycles. The summed E-state index contributed by atoms with van der Waals surface area (Å²) >= 11 is 0. The Morgan fingerprint density at radius 3 is 2.27 bits per heavy atom. The van der Waals surface area contributed by atoms with Gasteiger partial charge in [0.2, 0.25) is 0 Å². The predicted molar refractivity (Wildman–Crippen MR) is 98.7 cm³/mol. The molecule has 0 atom stereocenters. The van der Waals surface area contributed by atoms with Crippen molar-refractivity contribution in [1.82, 2.24) is 0 Å². The van der Waals surface area contributed by atoms with Gasteiger partial charge in [-0.05, 0) is 36.8 Å². The Kier molecular flexibility index (Phi) is 7.44. The molecule has 4 heteroatoms. The number of ether oxygens (including phenoxy) is 2. The Labute approximate surface area is 156 Å². The molecule has 0 bridgehead atoms. The van der Waals surface area contributed by atoms with Gasteiger partial charge in [-0.25, -0.2) is 8.78 Å². The minimum Gasteiger partial charge on any atom is -0.348 e. The Morgan fingerprint density at radius 1 is 0.885 bits per heavy atom. The summed E-state index contributed by atoms with van der Waals surface area (Å²) in [4.78, 5) is 0. The van der Waals surface area contributed by atoms with E-state index >= 15 is 0 Å². The number of halogens is 2. The zero-order valence-electron chi connectivity index (χ0n) is 15.9. The minimum absolute atomic E-state index is 0.428. The second-order valence-electron chi connectivity index (χ2n) is 8.06. The highest BCUT2D eigenvalue weighted by molar-refractivity contribution is 5.19. The summed E-state index contributed by atoms with van der Waals surface area (Å²) < 4.78 is 38.1. The maximum Gasteiger partial charge on any atom is 0.183 e. The summed E-state index contributed by atoms with van der Waals surface area (Å²) in [5.41, 5.74) is 0.554. The summed E-state index contributed by atoms with van der Waals surface area (Å²) in [6, 6.07) is 3.84. The van der Waals surface area contributed by atoms with E-state index in [0.717, 1.165) is 12.0 Å². The lowest BCUT2D eigenvalue weighted by molar-refractivity contribution is -0.214. The first-order valence-corrected chi connectivity index (χ1v) is 10.4. The van der Waals surface area contributed by atoms with Crippen LogP contribution in [0.4, 0.5) is 8.78 Å². The quantitative estimate of drug-likeness (QED) is 0.520. The first-order valence-electron chi connectivity index (χ1n) is 10.4. The van der Waals surface area contributed by atoms with Crippen LogP contribution in [0.25, 0.3) is 0 Å². The van der Waals surface area contributed by atoms with Gasteiger partial charge < -0.3 is 9.47 Å². The van der Waals surface area contributed by atoms with Gasteiger partial charge in [-0.2, -0.15) is 0 Å². The maximum atomic E-state index is 13.4. The van der Waals surface area contributed by atoms with Crippen molar-refractivity contribution in [1.29, 1.82) is 0 Å². The van der Waals surface area contributed by atoms with Crippen LogP contribution < -0.4 is 0 Å². The smallest absolute Gasteiger partial charge is 0.183 e. The van der Waals surface area contributed by atoms with E-state index in [1.165, 1.54) is 69.9 Å². The lowest BCUT2D eigenvalue weighted by Crippen LogP contribution is -2.34. The highest BCUT2D eigenvalue weighted by Gasteiger charge is 2.32. The standard InChI is InChI=1S/C22H32F2O2/c1-2-3-4-5-6-16-7-9-17(10-8-16)19-14-25-22(26-15-19)18-11-12-20(23)21(24)13-18/h11-13,16-17,19,22H,2-10,14-15H2,1H3/t16-,17-,19?,22?. The molecule has 0 amide bonds. The normalized spacial score (nSPS) is 29.7. The summed E-state index contributed by atoms with van der Waals surface area (Å²) in [6.45, 7) is 3.56. The van der Waals surface area contributed by atoms with Crippen molar-refractivity contribution in [2.45, 2.75) is 71.0 Å². The molecule has 1 aliphatic heterocycles. The Bertz CT molecular complexity index is 547. The largest absolute Gasteiger partial charge is 0.348 e. The van der Waals surface area contributed by atoms with Crippen LogP contribution in [-0.2, 0) is 9.47 Å². The van der Waals surface area contributed by atoms with E-state index in [9.17, 15) is 8.78 Å². The SMILES string of the molecule is CCCCCC[C@H]1CC[C@H](C2COC(c3ccc(F)c(F)c3)OC2)CC1. The molecule has 1 saturated heterocycles. The molecule has 2 fully saturated rings. The fourth-order valence-electron chi connectivity index (χ4n) is 4.45. The van der Waals surface area contributed by atoms with Gasteiger partial charge in [0.15, 0.2) is 17.9 Å². The summed E-state index contributed by atoms with van der Waals surface area (Å²) in [5, 5.41) is 0. The van der Waals surface area contributed by atoms with Crippen LogP contribution in [0.1, 0.15) is 76.6 Å². The molecular weight excluding hydrogens is 334 g/mol. The van der Waals surface area contributed by atoms with E-state index in [1.54, 1.807) is 0 Å². The summed E-state index contributed by atoms with van der Waals surface area (Å²) in [7, 11) is 0. The van der Waals surface area contributed by atoms with Crippen molar-refractivity contribution in [2.75, 3.05) is 13.2 Å². The third kappa shape index (κ3) is 5.26. The van der Waals surface area contributed by atoms with Crippen molar-refractivity contribution in [2.24, 2.45) is 17.8 Å². The van der Waals surface area contributed by atoms with Crippen molar-refractivity contribution < 1.29 is 18.3 Å². The topological polar surface area (TPSA) is 18.5 Å². The molecule has 3 rings (SSSR count). The minimum atomic E-state index is -0.853. The second kappa shape index (κ2) is 9.80. The second-order valence-corrected chi connectivity index (χ2v) is 8.06. The van der Waals surface area contributed by atoms with Crippen LogP contribution in [0, 0.1) is 29.4 Å². The molecule has 2 aliphatic rings. The van der Waals surface area contributed by atoms with Crippen molar-refractivity contribution in [3.63, 3.8) is 0 Å². The number of hydrogen-bond acceptors (Lipinski definition) is 2. The summed E-state index contributed by atoms with van der Waals surface area (Å²) in [6.07, 6.45) is 11.5. The van der Waals surface area contributed by atoms with Gasteiger partial charge in [0.05, 0.1) is 13.2 Å². The molecule has 0 aromatic heterocycles. The average Bonchev–Trinajstić information content (AvgIpc) is 2.68. The number of rotatable bonds is 7. The maximum absolute atomic E-state index is 13.4. The van der Waals surface area contributed by atoms with Crippen LogP contribution in [-0.4, -0.2) is 13.2 Å². The van der Waals surface area contributed by atoms with Crippen molar-refractivity contribution in [3.8, 4) is 0 Å². The summed E-state index contributed by atoms with van der Waals surface area (Å²) in [5.74, 6) is 0.317. The molecule has 1 aromatic carbocycles. The predicted octanol–water partition coefficient (Wildman–Crippen LogP) is 6.40. The lowest BCUT2D eigenvalue weighted by Gasteiger charge is -2.38. The number of benzene rings is 1. The van der Waals surface area contributed by atoms with Crippen LogP contribution in [0.5, 0.6) is 0 Å². The molecule has 1 heterocycles. The molecule has 0 spiro atoms. The molecule has 146 valence electrons. The molecule has 26 heavy (non-hydrogen) atoms. The fourth-order valence-corrected chi connectivity index (χ4v) is 4.45. The molecule has 0 unspecified atom stereocenters. The van der Waals surface area contributed by atoms with Crippen LogP contribution >= 0.6 is 0 Å². The van der Waals surface area contributed by atoms with Gasteiger partial charge in [0.25, 0.3) is 0 Å². The third-order valence-electron chi connectivity index (χ3n) is 6.16. The monoisotopic (exact) mass is 366 g/mol. The first kappa shape index (κ1) is 19.8. The van der Waals surface area contributed by atoms with Crippen LogP contribution in [0.15, 0.2) is 18.2 Å². The first-order chi connectivity index (χ1) is 12.7. The van der Waals surface area contributed by atoms with Gasteiger partial charge in [0.1, 0.15) is 0 Å². The van der Waals surface area contributed by atoms with E-state index in [4.69, 9.17) is 9.47 Å². The molecule has 0 N–H and O–H groups in total. The van der Waals surface area contributed by atoms with Crippen molar-refractivity contribution in [3.05, 3.63) is 35.4 Å². The van der Waals surface area contributed by atoms with Crippen LogP contribution in [0.2, 0.25) is 0 Å². The van der Waals surface area contributed by atoms with Gasteiger partial charge in [-0.1, -0.05) is 57.9 Å². The fraction of sp³-hybridized carbons (Fsp3) is 0.727. The molecule has 1 saturated carbocycles. The Morgan fingerprint density at radius 2 is 1.62 bits per heavy atom. The van der Waals surface area contributed by atoms with Gasteiger partial charge >= 0.3 is 0 Å². The van der Waals surface area contributed by atoms with E-state index in [2.05, 4.69) is 6.92 Å². The highest BCUT2D eigenvalue weighted by Crippen LogP contribution is 2.38. The number of hydrogen-bond donors (Lipinski definition) is 0. The van der Waals surface area contributed by atoms with Crippen molar-refractivity contribution >= 4 is 0 Å². The van der Waals surface area contributed by atoms with E-state index in [0.29, 0.717) is 30.6 Å². The third-order valence-corrected chi connectivity index (χ3v) is 6.16. The lowest BCUT2D eigenvalue weighted by atomic mass is 9.74. The Balaban J connectivity index is 1.39.